The molecule has 160 valence electrons. The standard InChI is InChI=1S/C21H21Cl2N7O/c1-14(31)26-15-4-2-5-16(12-15)27-20-24-13-25-21(28-20)30-10-8-29(9-11-30)18-7-3-6-17(22)19(18)23/h2-7,12-13H,8-11H2,1H3,(H,26,31)(H,24,25,27,28). The molecule has 2 aromatic carbocycles. The zero-order valence-corrected chi connectivity index (χ0v) is 18.4. The summed E-state index contributed by atoms with van der Waals surface area (Å²) >= 11 is 12.5. The van der Waals surface area contributed by atoms with E-state index in [1.807, 2.05) is 36.4 Å². The summed E-state index contributed by atoms with van der Waals surface area (Å²) in [4.78, 5) is 28.7. The van der Waals surface area contributed by atoms with Crippen LogP contribution in [0, 0.1) is 0 Å². The van der Waals surface area contributed by atoms with E-state index in [1.54, 1.807) is 6.07 Å². The van der Waals surface area contributed by atoms with Crippen molar-refractivity contribution in [2.45, 2.75) is 6.92 Å². The van der Waals surface area contributed by atoms with E-state index in [-0.39, 0.29) is 5.91 Å². The molecule has 0 spiro atoms. The maximum Gasteiger partial charge on any atom is 0.231 e. The number of aromatic nitrogens is 3. The Hall–Kier alpha value is -3.10. The van der Waals surface area contributed by atoms with Gasteiger partial charge in [-0.3, -0.25) is 4.79 Å². The molecular formula is C21H21Cl2N7O. The molecule has 10 heteroatoms. The third kappa shape index (κ3) is 5.15. The molecule has 0 unspecified atom stereocenters. The number of halogens is 2. The number of benzene rings is 2. The molecule has 0 atom stereocenters. The van der Waals surface area contributed by atoms with Gasteiger partial charge in [-0.2, -0.15) is 4.98 Å². The summed E-state index contributed by atoms with van der Waals surface area (Å²) < 4.78 is 0. The topological polar surface area (TPSA) is 86.3 Å². The molecule has 1 aliphatic rings. The molecule has 0 saturated carbocycles. The van der Waals surface area contributed by atoms with Crippen LogP contribution in [0.25, 0.3) is 0 Å². The number of amides is 1. The van der Waals surface area contributed by atoms with Crippen molar-refractivity contribution in [2.75, 3.05) is 46.6 Å². The Balaban J connectivity index is 1.42. The SMILES string of the molecule is CC(=O)Nc1cccc(Nc2ncnc(N3CCN(c4cccc(Cl)c4Cl)CC3)n2)c1. The van der Waals surface area contributed by atoms with Crippen LogP contribution in [0.3, 0.4) is 0 Å². The van der Waals surface area contributed by atoms with Crippen LogP contribution in [0.5, 0.6) is 0 Å². The van der Waals surface area contributed by atoms with Crippen LogP contribution >= 0.6 is 23.2 Å². The highest BCUT2D eigenvalue weighted by Gasteiger charge is 2.21. The molecule has 0 aliphatic carbocycles. The first-order valence-corrected chi connectivity index (χ1v) is 10.5. The van der Waals surface area contributed by atoms with Gasteiger partial charge in [0, 0.05) is 44.5 Å². The summed E-state index contributed by atoms with van der Waals surface area (Å²) in [5, 5.41) is 7.05. The number of hydrogen-bond acceptors (Lipinski definition) is 7. The zero-order chi connectivity index (χ0) is 21.8. The summed E-state index contributed by atoms with van der Waals surface area (Å²) in [6.45, 7) is 4.49. The van der Waals surface area contributed by atoms with Crippen LogP contribution in [0.4, 0.5) is 29.0 Å². The van der Waals surface area contributed by atoms with Crippen molar-refractivity contribution in [3.63, 3.8) is 0 Å². The van der Waals surface area contributed by atoms with Gasteiger partial charge in [0.15, 0.2) is 0 Å². The van der Waals surface area contributed by atoms with Crippen LogP contribution in [0.2, 0.25) is 10.0 Å². The van der Waals surface area contributed by atoms with Gasteiger partial charge in [-0.05, 0) is 30.3 Å². The number of carbonyl (C=O) groups is 1. The van der Waals surface area contributed by atoms with Crippen LogP contribution in [0.1, 0.15) is 6.92 Å². The van der Waals surface area contributed by atoms with Crippen molar-refractivity contribution in [2.24, 2.45) is 0 Å². The van der Waals surface area contributed by atoms with Crippen molar-refractivity contribution in [1.29, 1.82) is 0 Å². The first-order valence-electron chi connectivity index (χ1n) is 9.77. The number of nitrogens with zero attached hydrogens (tertiary/aromatic N) is 5. The quantitative estimate of drug-likeness (QED) is 0.593. The molecule has 1 saturated heterocycles. The summed E-state index contributed by atoms with van der Waals surface area (Å²) in [6.07, 6.45) is 1.49. The summed E-state index contributed by atoms with van der Waals surface area (Å²) in [5.74, 6) is 0.912. The largest absolute Gasteiger partial charge is 0.367 e. The van der Waals surface area contributed by atoms with E-state index in [2.05, 4.69) is 35.4 Å². The van der Waals surface area contributed by atoms with E-state index >= 15 is 0 Å². The van der Waals surface area contributed by atoms with Crippen molar-refractivity contribution in [1.82, 2.24) is 15.0 Å². The Morgan fingerprint density at radius 2 is 1.68 bits per heavy atom. The Labute approximate surface area is 190 Å². The molecule has 1 fully saturated rings. The van der Waals surface area contributed by atoms with Gasteiger partial charge in [-0.1, -0.05) is 35.3 Å². The van der Waals surface area contributed by atoms with Crippen LogP contribution < -0.4 is 20.4 Å². The lowest BCUT2D eigenvalue weighted by atomic mass is 10.2. The summed E-state index contributed by atoms with van der Waals surface area (Å²) in [7, 11) is 0. The highest BCUT2D eigenvalue weighted by Crippen LogP contribution is 2.33. The first-order chi connectivity index (χ1) is 15.0. The van der Waals surface area contributed by atoms with E-state index in [1.165, 1.54) is 13.3 Å². The lowest BCUT2D eigenvalue weighted by molar-refractivity contribution is -0.114. The monoisotopic (exact) mass is 457 g/mol. The average molecular weight is 458 g/mol. The third-order valence-corrected chi connectivity index (χ3v) is 5.64. The van der Waals surface area contributed by atoms with Gasteiger partial charge >= 0.3 is 0 Å². The van der Waals surface area contributed by atoms with Crippen LogP contribution in [-0.2, 0) is 4.79 Å². The molecular weight excluding hydrogens is 437 g/mol. The number of piperazine rings is 1. The highest BCUT2D eigenvalue weighted by molar-refractivity contribution is 6.43. The molecule has 8 nitrogen and oxygen atoms in total. The van der Waals surface area contributed by atoms with E-state index in [4.69, 9.17) is 23.2 Å². The van der Waals surface area contributed by atoms with Crippen molar-refractivity contribution >= 4 is 58.1 Å². The minimum atomic E-state index is -0.127. The van der Waals surface area contributed by atoms with Crippen LogP contribution in [0.15, 0.2) is 48.8 Å². The number of nitrogens with one attached hydrogen (secondary N) is 2. The van der Waals surface area contributed by atoms with Gasteiger partial charge in [-0.15, -0.1) is 0 Å². The molecule has 1 aromatic heterocycles. The first kappa shape index (κ1) is 21.1. The van der Waals surface area contributed by atoms with E-state index in [0.29, 0.717) is 27.6 Å². The summed E-state index contributed by atoms with van der Waals surface area (Å²) in [5.41, 5.74) is 2.40. The second-order valence-corrected chi connectivity index (χ2v) is 7.83. The van der Waals surface area contributed by atoms with E-state index in [0.717, 1.165) is 37.6 Å². The fraction of sp³-hybridized carbons (Fsp3) is 0.238. The minimum Gasteiger partial charge on any atom is -0.367 e. The number of anilines is 5. The fourth-order valence-electron chi connectivity index (χ4n) is 3.39. The predicted molar refractivity (Wildman–Crippen MR) is 125 cm³/mol. The molecule has 2 heterocycles. The van der Waals surface area contributed by atoms with E-state index in [9.17, 15) is 4.79 Å². The normalized spacial score (nSPS) is 13.8. The van der Waals surface area contributed by atoms with Crippen molar-refractivity contribution in [3.05, 3.63) is 58.8 Å². The average Bonchev–Trinajstić information content (AvgIpc) is 2.76. The van der Waals surface area contributed by atoms with Gasteiger partial charge in [0.05, 0.1) is 15.7 Å². The number of hydrogen-bond donors (Lipinski definition) is 2. The molecule has 1 aliphatic heterocycles. The number of rotatable bonds is 5. The van der Waals surface area contributed by atoms with Crippen molar-refractivity contribution < 1.29 is 4.79 Å². The molecule has 4 rings (SSSR count). The molecule has 3 aromatic rings. The highest BCUT2D eigenvalue weighted by atomic mass is 35.5. The lowest BCUT2D eigenvalue weighted by Crippen LogP contribution is -2.47. The molecule has 0 bridgehead atoms. The fourth-order valence-corrected chi connectivity index (χ4v) is 3.81. The van der Waals surface area contributed by atoms with Gasteiger partial charge in [-0.25, -0.2) is 9.97 Å². The van der Waals surface area contributed by atoms with Crippen LogP contribution in [-0.4, -0.2) is 47.0 Å². The van der Waals surface area contributed by atoms with Gasteiger partial charge < -0.3 is 20.4 Å². The maximum atomic E-state index is 11.3. The maximum absolute atomic E-state index is 11.3. The molecule has 1 amide bonds. The molecule has 2 N–H and O–H groups in total. The number of carbonyl (C=O) groups excluding carboxylic acids is 1. The third-order valence-electron chi connectivity index (χ3n) is 4.83. The Morgan fingerprint density at radius 1 is 0.968 bits per heavy atom. The lowest BCUT2D eigenvalue weighted by Gasteiger charge is -2.36. The second-order valence-electron chi connectivity index (χ2n) is 7.04. The van der Waals surface area contributed by atoms with Gasteiger partial charge in [0.2, 0.25) is 17.8 Å². The molecule has 31 heavy (non-hydrogen) atoms. The Bertz CT molecular complexity index is 1090. The van der Waals surface area contributed by atoms with E-state index < -0.39 is 0 Å². The molecule has 0 radical (unpaired) electrons. The van der Waals surface area contributed by atoms with Gasteiger partial charge in [0.1, 0.15) is 6.33 Å². The summed E-state index contributed by atoms with van der Waals surface area (Å²) in [6, 6.07) is 13.0. The smallest absolute Gasteiger partial charge is 0.231 e. The zero-order valence-electron chi connectivity index (χ0n) is 16.8. The minimum absolute atomic E-state index is 0.127. The predicted octanol–water partition coefficient (Wildman–Crippen LogP) is 4.21. The Kier molecular flexibility index (Phi) is 6.39. The second kappa shape index (κ2) is 9.36. The van der Waals surface area contributed by atoms with Crippen molar-refractivity contribution in [3.8, 4) is 0 Å². The Morgan fingerprint density at radius 3 is 2.45 bits per heavy atom. The van der Waals surface area contributed by atoms with Gasteiger partial charge in [0.25, 0.3) is 0 Å².